The maximum atomic E-state index is 12.8. The highest BCUT2D eigenvalue weighted by Crippen LogP contribution is 2.31. The van der Waals surface area contributed by atoms with Crippen LogP contribution in [0.5, 0.6) is 0 Å². The van der Waals surface area contributed by atoms with Gasteiger partial charge in [-0.1, -0.05) is 0 Å². The van der Waals surface area contributed by atoms with Crippen molar-refractivity contribution in [2.45, 2.75) is 19.1 Å². The number of likely N-dealkylation sites (N-methyl/N-ethyl adjacent to an activating group) is 1. The van der Waals surface area contributed by atoms with Crippen LogP contribution in [0.4, 0.5) is 0 Å². The number of fused-ring (bicyclic) bond motifs is 1. The van der Waals surface area contributed by atoms with Crippen molar-refractivity contribution >= 4 is 17.2 Å². The fourth-order valence-electron chi connectivity index (χ4n) is 3.33. The molecule has 6 heteroatoms. The van der Waals surface area contributed by atoms with E-state index in [4.69, 9.17) is 9.15 Å². The lowest BCUT2D eigenvalue weighted by atomic mass is 10.1. The molecule has 2 aromatic heterocycles. The van der Waals surface area contributed by atoms with Gasteiger partial charge in [0, 0.05) is 19.6 Å². The number of amides is 1. The lowest BCUT2D eigenvalue weighted by Crippen LogP contribution is -2.48. The van der Waals surface area contributed by atoms with Crippen molar-refractivity contribution in [1.29, 1.82) is 0 Å². The lowest BCUT2D eigenvalue weighted by molar-refractivity contribution is -0.0368. The number of carbonyl (C=O) groups is 1. The summed E-state index contributed by atoms with van der Waals surface area (Å²) >= 11 is 1.49. The second-order valence-corrected chi connectivity index (χ2v) is 7.33. The van der Waals surface area contributed by atoms with Crippen LogP contribution in [0, 0.1) is 6.92 Å². The van der Waals surface area contributed by atoms with Crippen molar-refractivity contribution < 1.29 is 13.9 Å². The van der Waals surface area contributed by atoms with Gasteiger partial charge in [0.2, 0.25) is 0 Å². The standard InChI is InChI=1S/C17H20N2O3S/c1-11-3-4-13(22-11)15-5-6-16(23-15)17(20)19-9-12-14(10-19)21-8-7-18(12)2/h3-6,12,14H,7-10H2,1-2H3/t12-,14+/m0/s1. The van der Waals surface area contributed by atoms with Crippen molar-refractivity contribution in [3.05, 3.63) is 34.9 Å². The van der Waals surface area contributed by atoms with Crippen LogP contribution >= 0.6 is 11.3 Å². The summed E-state index contributed by atoms with van der Waals surface area (Å²) in [6.07, 6.45) is 0.143. The molecular weight excluding hydrogens is 312 g/mol. The van der Waals surface area contributed by atoms with E-state index in [1.807, 2.05) is 36.1 Å². The molecule has 4 heterocycles. The molecule has 0 radical (unpaired) electrons. The summed E-state index contributed by atoms with van der Waals surface area (Å²) in [5.41, 5.74) is 0. The Kier molecular flexibility index (Phi) is 3.75. The fourth-order valence-corrected chi connectivity index (χ4v) is 4.27. The second-order valence-electron chi connectivity index (χ2n) is 6.24. The number of rotatable bonds is 2. The summed E-state index contributed by atoms with van der Waals surface area (Å²) < 4.78 is 11.5. The van der Waals surface area contributed by atoms with Gasteiger partial charge < -0.3 is 14.1 Å². The Morgan fingerprint density at radius 1 is 1.26 bits per heavy atom. The molecule has 4 rings (SSSR count). The van der Waals surface area contributed by atoms with Gasteiger partial charge in [0.15, 0.2) is 0 Å². The summed E-state index contributed by atoms with van der Waals surface area (Å²) in [4.78, 5) is 18.7. The van der Waals surface area contributed by atoms with Crippen molar-refractivity contribution in [2.75, 3.05) is 33.3 Å². The van der Waals surface area contributed by atoms with E-state index >= 15 is 0 Å². The first kappa shape index (κ1) is 14.9. The van der Waals surface area contributed by atoms with Gasteiger partial charge in [-0.3, -0.25) is 9.69 Å². The number of hydrogen-bond donors (Lipinski definition) is 0. The Labute approximate surface area is 139 Å². The minimum Gasteiger partial charge on any atom is -0.461 e. The number of ether oxygens (including phenoxy) is 1. The van der Waals surface area contributed by atoms with Gasteiger partial charge >= 0.3 is 0 Å². The monoisotopic (exact) mass is 332 g/mol. The molecule has 1 amide bonds. The van der Waals surface area contributed by atoms with Crippen LogP contribution in [0.15, 0.2) is 28.7 Å². The van der Waals surface area contributed by atoms with E-state index in [0.717, 1.165) is 41.0 Å². The van der Waals surface area contributed by atoms with Crippen LogP contribution in [-0.2, 0) is 4.74 Å². The number of nitrogens with zero attached hydrogens (tertiary/aromatic N) is 2. The maximum absolute atomic E-state index is 12.8. The minimum atomic E-state index is 0.0935. The normalized spacial score (nSPS) is 24.9. The van der Waals surface area contributed by atoms with E-state index in [0.29, 0.717) is 12.6 Å². The molecule has 0 aromatic carbocycles. The highest BCUT2D eigenvalue weighted by Gasteiger charge is 2.40. The molecule has 2 fully saturated rings. The molecule has 0 aliphatic carbocycles. The summed E-state index contributed by atoms with van der Waals surface area (Å²) in [7, 11) is 2.11. The molecule has 23 heavy (non-hydrogen) atoms. The van der Waals surface area contributed by atoms with E-state index < -0.39 is 0 Å². The van der Waals surface area contributed by atoms with Gasteiger partial charge in [0.25, 0.3) is 5.91 Å². The Morgan fingerprint density at radius 2 is 2.13 bits per heavy atom. The third kappa shape index (κ3) is 2.71. The summed E-state index contributed by atoms with van der Waals surface area (Å²) in [5, 5.41) is 0. The van der Waals surface area contributed by atoms with Gasteiger partial charge in [0.05, 0.1) is 28.5 Å². The zero-order valence-corrected chi connectivity index (χ0v) is 14.1. The van der Waals surface area contributed by atoms with Crippen molar-refractivity contribution in [2.24, 2.45) is 0 Å². The number of thiophene rings is 1. The average Bonchev–Trinajstić information content (AvgIpc) is 3.25. The lowest BCUT2D eigenvalue weighted by Gasteiger charge is -2.33. The Morgan fingerprint density at radius 3 is 2.87 bits per heavy atom. The van der Waals surface area contributed by atoms with Crippen LogP contribution in [0.2, 0.25) is 0 Å². The molecule has 122 valence electrons. The van der Waals surface area contributed by atoms with E-state index in [2.05, 4.69) is 11.9 Å². The Balaban J connectivity index is 1.50. The zero-order valence-electron chi connectivity index (χ0n) is 13.3. The number of carbonyl (C=O) groups excluding carboxylic acids is 1. The SMILES string of the molecule is Cc1ccc(-c2ccc(C(=O)N3C[C@H]4OCCN(C)[C@H]4C3)s2)o1. The molecule has 0 unspecified atom stereocenters. The minimum absolute atomic E-state index is 0.0935. The first-order chi connectivity index (χ1) is 11.1. The van der Waals surface area contributed by atoms with Crippen LogP contribution < -0.4 is 0 Å². The molecule has 0 saturated carbocycles. The predicted molar refractivity (Wildman–Crippen MR) is 88.8 cm³/mol. The van der Waals surface area contributed by atoms with E-state index in [1.165, 1.54) is 11.3 Å². The molecule has 2 aliphatic heterocycles. The molecule has 0 N–H and O–H groups in total. The quantitative estimate of drug-likeness (QED) is 0.847. The molecule has 2 atom stereocenters. The van der Waals surface area contributed by atoms with E-state index in [-0.39, 0.29) is 12.0 Å². The smallest absolute Gasteiger partial charge is 0.264 e. The summed E-state index contributed by atoms with van der Waals surface area (Å²) in [6, 6.07) is 8.06. The molecule has 2 aromatic rings. The third-order valence-corrected chi connectivity index (χ3v) is 5.75. The summed E-state index contributed by atoms with van der Waals surface area (Å²) in [5.74, 6) is 1.80. The molecule has 5 nitrogen and oxygen atoms in total. The molecule has 0 spiro atoms. The molecule has 2 aliphatic rings. The topological polar surface area (TPSA) is 45.9 Å². The number of aryl methyl sites for hydroxylation is 1. The number of likely N-dealkylation sites (tertiary alicyclic amines) is 1. The van der Waals surface area contributed by atoms with E-state index in [9.17, 15) is 4.79 Å². The third-order valence-electron chi connectivity index (χ3n) is 4.67. The Bertz CT molecular complexity index is 723. The number of hydrogen-bond acceptors (Lipinski definition) is 5. The predicted octanol–water partition coefficient (Wildman–Crippen LogP) is 2.47. The van der Waals surface area contributed by atoms with Crippen LogP contribution in [-0.4, -0.2) is 61.1 Å². The van der Waals surface area contributed by atoms with Crippen molar-refractivity contribution in [1.82, 2.24) is 9.80 Å². The first-order valence-corrected chi connectivity index (χ1v) is 8.71. The van der Waals surface area contributed by atoms with Gasteiger partial charge in [-0.2, -0.15) is 0 Å². The van der Waals surface area contributed by atoms with Crippen molar-refractivity contribution in [3.8, 4) is 10.6 Å². The van der Waals surface area contributed by atoms with Crippen LogP contribution in [0.25, 0.3) is 10.6 Å². The highest BCUT2D eigenvalue weighted by atomic mass is 32.1. The largest absolute Gasteiger partial charge is 0.461 e. The fraction of sp³-hybridized carbons (Fsp3) is 0.471. The molecular formula is C17H20N2O3S. The van der Waals surface area contributed by atoms with E-state index in [1.54, 1.807) is 0 Å². The van der Waals surface area contributed by atoms with Crippen LogP contribution in [0.3, 0.4) is 0 Å². The average molecular weight is 332 g/mol. The van der Waals surface area contributed by atoms with Gasteiger partial charge in [-0.15, -0.1) is 11.3 Å². The summed E-state index contributed by atoms with van der Waals surface area (Å²) in [6.45, 7) is 5.03. The van der Waals surface area contributed by atoms with Crippen molar-refractivity contribution in [3.63, 3.8) is 0 Å². The van der Waals surface area contributed by atoms with Crippen LogP contribution in [0.1, 0.15) is 15.4 Å². The number of morpholine rings is 1. The Hall–Kier alpha value is -1.63. The zero-order chi connectivity index (χ0) is 16.0. The number of furan rings is 1. The molecule has 0 bridgehead atoms. The second kappa shape index (κ2) is 5.78. The van der Waals surface area contributed by atoms with Gasteiger partial charge in [-0.25, -0.2) is 0 Å². The van der Waals surface area contributed by atoms with Gasteiger partial charge in [-0.05, 0) is 38.2 Å². The highest BCUT2D eigenvalue weighted by molar-refractivity contribution is 7.17. The van der Waals surface area contributed by atoms with Gasteiger partial charge in [0.1, 0.15) is 11.5 Å². The first-order valence-electron chi connectivity index (χ1n) is 7.89. The maximum Gasteiger partial charge on any atom is 0.264 e. The molecule has 2 saturated heterocycles.